The number of para-hydroxylation sites is 1. The van der Waals surface area contributed by atoms with E-state index in [0.717, 1.165) is 17.5 Å². The maximum Gasteiger partial charge on any atom is 0.235 e. The molecule has 0 saturated carbocycles. The van der Waals surface area contributed by atoms with E-state index in [1.807, 2.05) is 30.3 Å². The summed E-state index contributed by atoms with van der Waals surface area (Å²) in [5.41, 5.74) is 2.58. The van der Waals surface area contributed by atoms with Crippen LogP contribution in [0.2, 0.25) is 5.02 Å². The van der Waals surface area contributed by atoms with E-state index in [1.165, 1.54) is 4.90 Å². The van der Waals surface area contributed by atoms with Crippen LogP contribution >= 0.6 is 11.6 Å². The number of aryl methyl sites for hydroxylation is 1. The predicted molar refractivity (Wildman–Crippen MR) is 113 cm³/mol. The molecule has 0 aromatic heterocycles. The Kier molecular flexibility index (Phi) is 7.12. The average molecular weight is 417 g/mol. The molecular weight excluding hydrogens is 392 g/mol. The number of rotatable bonds is 8. The number of benzene rings is 2. The van der Waals surface area contributed by atoms with Crippen molar-refractivity contribution in [1.82, 2.24) is 5.32 Å². The summed E-state index contributed by atoms with van der Waals surface area (Å²) in [7, 11) is 3.21. The first-order valence-corrected chi connectivity index (χ1v) is 9.97. The highest BCUT2D eigenvalue weighted by molar-refractivity contribution is 6.35. The standard InChI is InChI=1S/C22H25ClN2O4/c1-28-18-8-6-15(14-19(18)29-2)10-12-24-13-11-21(27)25-20(26)9-7-16-4-3-5-17(23)22(16)25/h3-6,8,14,24H,7,9-13H2,1-2H3. The molecule has 0 radical (unpaired) electrons. The minimum atomic E-state index is -0.234. The van der Waals surface area contributed by atoms with Crippen molar-refractivity contribution in [2.45, 2.75) is 25.7 Å². The zero-order valence-corrected chi connectivity index (χ0v) is 17.4. The van der Waals surface area contributed by atoms with Crippen LogP contribution in [0.4, 0.5) is 5.69 Å². The number of nitrogens with one attached hydrogen (secondary N) is 1. The van der Waals surface area contributed by atoms with Crippen molar-refractivity contribution in [2.75, 3.05) is 32.2 Å². The third-order valence-corrected chi connectivity index (χ3v) is 5.26. The topological polar surface area (TPSA) is 67.9 Å². The van der Waals surface area contributed by atoms with E-state index in [0.29, 0.717) is 48.1 Å². The lowest BCUT2D eigenvalue weighted by Crippen LogP contribution is -2.41. The van der Waals surface area contributed by atoms with Crippen LogP contribution in [0, 0.1) is 0 Å². The smallest absolute Gasteiger partial charge is 0.235 e. The van der Waals surface area contributed by atoms with Gasteiger partial charge < -0.3 is 14.8 Å². The van der Waals surface area contributed by atoms with Crippen molar-refractivity contribution in [3.8, 4) is 11.5 Å². The minimum absolute atomic E-state index is 0.194. The van der Waals surface area contributed by atoms with Crippen LogP contribution in [0.1, 0.15) is 24.0 Å². The van der Waals surface area contributed by atoms with Gasteiger partial charge in [-0.1, -0.05) is 29.8 Å². The van der Waals surface area contributed by atoms with Crippen LogP contribution < -0.4 is 19.7 Å². The Bertz CT molecular complexity index is 900. The van der Waals surface area contributed by atoms with Gasteiger partial charge in [-0.3, -0.25) is 9.59 Å². The predicted octanol–water partition coefficient (Wildman–Crippen LogP) is 3.39. The lowest BCUT2D eigenvalue weighted by molar-refractivity contribution is -0.126. The lowest BCUT2D eigenvalue weighted by atomic mass is 10.0. The SMILES string of the molecule is COc1ccc(CCNCCC(=O)N2C(=O)CCc3cccc(Cl)c32)cc1OC. The Balaban J connectivity index is 1.52. The van der Waals surface area contributed by atoms with Crippen LogP contribution in [0.15, 0.2) is 36.4 Å². The quantitative estimate of drug-likeness (QED) is 0.668. The van der Waals surface area contributed by atoms with E-state index in [2.05, 4.69) is 5.32 Å². The van der Waals surface area contributed by atoms with E-state index in [9.17, 15) is 9.59 Å². The molecule has 2 aromatic carbocycles. The van der Waals surface area contributed by atoms with E-state index >= 15 is 0 Å². The number of hydrogen-bond donors (Lipinski definition) is 1. The molecule has 0 saturated heterocycles. The number of methoxy groups -OCH3 is 2. The Morgan fingerprint density at radius 3 is 2.66 bits per heavy atom. The number of imide groups is 1. The van der Waals surface area contributed by atoms with Crippen molar-refractivity contribution in [2.24, 2.45) is 0 Å². The van der Waals surface area contributed by atoms with E-state index in [1.54, 1.807) is 20.3 Å². The molecule has 1 N–H and O–H groups in total. The fourth-order valence-corrected chi connectivity index (χ4v) is 3.73. The summed E-state index contributed by atoms with van der Waals surface area (Å²) in [6, 6.07) is 11.3. The van der Waals surface area contributed by atoms with Gasteiger partial charge in [0.15, 0.2) is 11.5 Å². The van der Waals surface area contributed by atoms with E-state index < -0.39 is 0 Å². The van der Waals surface area contributed by atoms with Crippen LogP contribution in [-0.4, -0.2) is 39.1 Å². The molecule has 0 aliphatic carbocycles. The summed E-state index contributed by atoms with van der Waals surface area (Å²) >= 11 is 6.26. The van der Waals surface area contributed by atoms with Gasteiger partial charge >= 0.3 is 0 Å². The molecule has 0 atom stereocenters. The van der Waals surface area contributed by atoms with Gasteiger partial charge in [-0.15, -0.1) is 0 Å². The molecule has 1 heterocycles. The van der Waals surface area contributed by atoms with Crippen molar-refractivity contribution in [1.29, 1.82) is 0 Å². The number of halogens is 1. The largest absolute Gasteiger partial charge is 0.493 e. The van der Waals surface area contributed by atoms with Gasteiger partial charge in [0.05, 0.1) is 24.9 Å². The molecule has 0 fully saturated rings. The number of ether oxygens (including phenoxy) is 2. The van der Waals surface area contributed by atoms with Gasteiger partial charge in [0.2, 0.25) is 11.8 Å². The van der Waals surface area contributed by atoms with Crippen LogP contribution in [0.5, 0.6) is 11.5 Å². The average Bonchev–Trinajstić information content (AvgIpc) is 2.73. The summed E-state index contributed by atoms with van der Waals surface area (Å²) in [5.74, 6) is 0.961. The van der Waals surface area contributed by atoms with Gasteiger partial charge in [0, 0.05) is 19.4 Å². The highest BCUT2D eigenvalue weighted by Crippen LogP contribution is 2.35. The molecule has 2 aromatic rings. The normalized spacial score (nSPS) is 13.2. The van der Waals surface area contributed by atoms with Crippen molar-refractivity contribution < 1.29 is 19.1 Å². The fourth-order valence-electron chi connectivity index (χ4n) is 3.46. The molecule has 0 bridgehead atoms. The second-order valence-electron chi connectivity index (χ2n) is 6.81. The minimum Gasteiger partial charge on any atom is -0.493 e. The second kappa shape index (κ2) is 9.76. The van der Waals surface area contributed by atoms with E-state index in [-0.39, 0.29) is 18.2 Å². The van der Waals surface area contributed by atoms with Gasteiger partial charge in [0.25, 0.3) is 0 Å². The number of fused-ring (bicyclic) bond motifs is 1. The lowest BCUT2D eigenvalue weighted by Gasteiger charge is -2.28. The fraction of sp³-hybridized carbons (Fsp3) is 0.364. The molecule has 29 heavy (non-hydrogen) atoms. The number of amides is 2. The van der Waals surface area contributed by atoms with E-state index in [4.69, 9.17) is 21.1 Å². The van der Waals surface area contributed by atoms with Gasteiger partial charge in [-0.2, -0.15) is 0 Å². The first kappa shape index (κ1) is 21.1. The summed E-state index contributed by atoms with van der Waals surface area (Å²) in [6.07, 6.45) is 1.95. The molecule has 2 amide bonds. The molecule has 1 aliphatic heterocycles. The summed E-state index contributed by atoms with van der Waals surface area (Å²) in [4.78, 5) is 26.3. The van der Waals surface area contributed by atoms with Crippen LogP contribution in [0.3, 0.4) is 0 Å². The summed E-state index contributed by atoms with van der Waals surface area (Å²) in [5, 5.41) is 3.69. The Labute approximate surface area is 175 Å². The highest BCUT2D eigenvalue weighted by Gasteiger charge is 2.30. The van der Waals surface area contributed by atoms with Gasteiger partial charge in [-0.05, 0) is 48.7 Å². The molecule has 1 aliphatic rings. The molecule has 3 rings (SSSR count). The zero-order valence-electron chi connectivity index (χ0n) is 16.7. The van der Waals surface area contributed by atoms with Gasteiger partial charge in [-0.25, -0.2) is 4.90 Å². The molecule has 0 spiro atoms. The monoisotopic (exact) mass is 416 g/mol. The molecular formula is C22H25ClN2O4. The second-order valence-corrected chi connectivity index (χ2v) is 7.22. The molecule has 154 valence electrons. The maximum absolute atomic E-state index is 12.7. The summed E-state index contributed by atoms with van der Waals surface area (Å²) < 4.78 is 10.6. The Hall–Kier alpha value is -2.57. The number of carbonyl (C=O) groups excluding carboxylic acids is 2. The number of nitrogens with zero attached hydrogens (tertiary/aromatic N) is 1. The third-order valence-electron chi connectivity index (χ3n) is 4.96. The molecule has 0 unspecified atom stereocenters. The Morgan fingerprint density at radius 1 is 1.10 bits per heavy atom. The highest BCUT2D eigenvalue weighted by atomic mass is 35.5. The first-order chi connectivity index (χ1) is 14.0. The Morgan fingerprint density at radius 2 is 1.90 bits per heavy atom. The van der Waals surface area contributed by atoms with Crippen molar-refractivity contribution in [3.05, 3.63) is 52.5 Å². The third kappa shape index (κ3) is 4.89. The zero-order chi connectivity index (χ0) is 20.8. The van der Waals surface area contributed by atoms with Crippen LogP contribution in [0.25, 0.3) is 0 Å². The molecule has 7 heteroatoms. The maximum atomic E-state index is 12.7. The summed E-state index contributed by atoms with van der Waals surface area (Å²) in [6.45, 7) is 1.18. The van der Waals surface area contributed by atoms with Crippen molar-refractivity contribution in [3.63, 3.8) is 0 Å². The number of anilines is 1. The number of hydrogen-bond acceptors (Lipinski definition) is 5. The van der Waals surface area contributed by atoms with Crippen LogP contribution in [-0.2, 0) is 22.4 Å². The van der Waals surface area contributed by atoms with Crippen molar-refractivity contribution >= 4 is 29.1 Å². The van der Waals surface area contributed by atoms with Gasteiger partial charge in [0.1, 0.15) is 0 Å². The number of carbonyl (C=O) groups is 2. The molecule has 6 nitrogen and oxygen atoms in total. The first-order valence-electron chi connectivity index (χ1n) is 9.60.